The predicted octanol–water partition coefficient (Wildman–Crippen LogP) is 3.79. The van der Waals surface area contributed by atoms with Gasteiger partial charge in [0.25, 0.3) is 0 Å². The van der Waals surface area contributed by atoms with Crippen molar-refractivity contribution in [3.63, 3.8) is 0 Å². The highest BCUT2D eigenvalue weighted by molar-refractivity contribution is 5.80. The van der Waals surface area contributed by atoms with E-state index >= 15 is 0 Å². The minimum absolute atomic E-state index is 0.0979. The van der Waals surface area contributed by atoms with Gasteiger partial charge in [0.05, 0.1) is 4.92 Å². The highest BCUT2D eigenvalue weighted by Gasteiger charge is 2.23. The third-order valence-electron chi connectivity index (χ3n) is 3.14. The minimum Gasteiger partial charge on any atom is -0.382 e. The lowest BCUT2D eigenvalue weighted by molar-refractivity contribution is -0.383. The Morgan fingerprint density at radius 2 is 1.85 bits per heavy atom. The molecule has 0 amide bonds. The molecule has 0 aromatic heterocycles. The predicted molar refractivity (Wildman–Crippen MR) is 81.8 cm³/mol. The Kier molecular flexibility index (Phi) is 4.20. The van der Waals surface area contributed by atoms with Gasteiger partial charge >= 0.3 is 5.69 Å². The molecule has 2 aromatic rings. The van der Waals surface area contributed by atoms with Crippen molar-refractivity contribution in [3.8, 4) is 0 Å². The summed E-state index contributed by atoms with van der Waals surface area (Å²) in [5.41, 5.74) is 2.14. The Morgan fingerprint density at radius 1 is 1.15 bits per heavy atom. The maximum atomic E-state index is 11.4. The van der Waals surface area contributed by atoms with Crippen molar-refractivity contribution >= 4 is 22.7 Å². The topological polar surface area (TPSA) is 58.4 Å². The van der Waals surface area contributed by atoms with Gasteiger partial charge in [-0.15, -0.1) is 0 Å². The second-order valence-electron chi connectivity index (χ2n) is 4.26. The molecule has 2 aromatic carbocycles. The van der Waals surface area contributed by atoms with Crippen LogP contribution in [0.25, 0.3) is 0 Å². The van der Waals surface area contributed by atoms with E-state index < -0.39 is 0 Å². The number of hydrogen-bond donors (Lipinski definition) is 1. The van der Waals surface area contributed by atoms with E-state index in [1.165, 1.54) is 0 Å². The second kappa shape index (κ2) is 6.06. The van der Waals surface area contributed by atoms with Gasteiger partial charge in [-0.2, -0.15) is 0 Å². The molecule has 0 fully saturated rings. The van der Waals surface area contributed by atoms with Gasteiger partial charge in [0.2, 0.25) is 0 Å². The van der Waals surface area contributed by atoms with Gasteiger partial charge in [0.15, 0.2) is 0 Å². The average molecular weight is 271 g/mol. The Hall–Kier alpha value is -2.56. The van der Waals surface area contributed by atoms with Crippen molar-refractivity contribution in [2.45, 2.75) is 6.92 Å². The maximum absolute atomic E-state index is 11.4. The zero-order chi connectivity index (χ0) is 14.5. The van der Waals surface area contributed by atoms with Crippen LogP contribution in [-0.2, 0) is 0 Å². The van der Waals surface area contributed by atoms with Crippen molar-refractivity contribution in [1.29, 1.82) is 0 Å². The molecule has 0 radical (unpaired) electrons. The van der Waals surface area contributed by atoms with E-state index in [4.69, 9.17) is 0 Å². The van der Waals surface area contributed by atoms with Crippen LogP contribution in [0.4, 0.5) is 22.7 Å². The summed E-state index contributed by atoms with van der Waals surface area (Å²) in [6.07, 6.45) is 0. The molecule has 2 rings (SSSR count). The molecule has 0 unspecified atom stereocenters. The fraction of sp³-hybridized carbons (Fsp3) is 0.200. The van der Waals surface area contributed by atoms with Crippen LogP contribution in [0.1, 0.15) is 6.92 Å². The normalized spacial score (nSPS) is 10.1. The van der Waals surface area contributed by atoms with Gasteiger partial charge in [0.1, 0.15) is 11.4 Å². The number of benzene rings is 2. The van der Waals surface area contributed by atoms with Crippen LogP contribution in [0.15, 0.2) is 48.5 Å². The molecule has 0 heterocycles. The third-order valence-corrected chi connectivity index (χ3v) is 3.14. The molecule has 0 spiro atoms. The minimum atomic E-state index is -0.341. The van der Waals surface area contributed by atoms with Crippen LogP contribution in [-0.4, -0.2) is 18.5 Å². The van der Waals surface area contributed by atoms with Crippen LogP contribution in [0.5, 0.6) is 0 Å². The number of nitro groups is 1. The summed E-state index contributed by atoms with van der Waals surface area (Å²) in [6.45, 7) is 2.63. The molecule has 0 aliphatic carbocycles. The number of hydrogen-bond acceptors (Lipinski definition) is 4. The van der Waals surface area contributed by atoms with Gasteiger partial charge in [-0.25, -0.2) is 0 Å². The molecule has 5 nitrogen and oxygen atoms in total. The standard InChI is InChI=1S/C15H17N3O2/c1-3-17(12-8-5-4-6-9-12)14-11-7-10-13(16-2)15(14)18(19)20/h4-11,16H,3H2,1-2H3. The van der Waals surface area contributed by atoms with Gasteiger partial charge in [-0.05, 0) is 31.2 Å². The van der Waals surface area contributed by atoms with Gasteiger partial charge in [-0.3, -0.25) is 10.1 Å². The monoisotopic (exact) mass is 271 g/mol. The fourth-order valence-corrected chi connectivity index (χ4v) is 2.24. The number of nitrogens with zero attached hydrogens (tertiary/aromatic N) is 2. The first-order valence-corrected chi connectivity index (χ1v) is 6.46. The molecule has 0 bridgehead atoms. The lowest BCUT2D eigenvalue weighted by Gasteiger charge is -2.23. The molecule has 1 N–H and O–H groups in total. The SMILES string of the molecule is CCN(c1ccccc1)c1cccc(NC)c1[N+](=O)[O-]. The highest BCUT2D eigenvalue weighted by Crippen LogP contribution is 2.38. The van der Waals surface area contributed by atoms with Crippen molar-refractivity contribution in [2.24, 2.45) is 0 Å². The highest BCUT2D eigenvalue weighted by atomic mass is 16.6. The Balaban J connectivity index is 2.58. The maximum Gasteiger partial charge on any atom is 0.315 e. The molecule has 104 valence electrons. The van der Waals surface area contributed by atoms with Crippen LogP contribution < -0.4 is 10.2 Å². The molecule has 0 aliphatic rings. The van der Waals surface area contributed by atoms with E-state index in [1.54, 1.807) is 19.2 Å². The lowest BCUT2D eigenvalue weighted by Crippen LogP contribution is -2.17. The Bertz CT molecular complexity index is 599. The average Bonchev–Trinajstić information content (AvgIpc) is 2.48. The van der Waals surface area contributed by atoms with E-state index in [2.05, 4.69) is 5.32 Å². The molecule has 0 saturated carbocycles. The number of anilines is 3. The van der Waals surface area contributed by atoms with E-state index in [0.29, 0.717) is 17.9 Å². The Labute approximate surface area is 118 Å². The molecule has 5 heteroatoms. The lowest BCUT2D eigenvalue weighted by atomic mass is 10.2. The third kappa shape index (κ3) is 2.56. The molecule has 20 heavy (non-hydrogen) atoms. The summed E-state index contributed by atoms with van der Waals surface area (Å²) in [6, 6.07) is 15.0. The number of nitrogens with one attached hydrogen (secondary N) is 1. The van der Waals surface area contributed by atoms with Gasteiger partial charge in [0, 0.05) is 19.3 Å². The summed E-state index contributed by atoms with van der Waals surface area (Å²) in [4.78, 5) is 13.0. The van der Waals surface area contributed by atoms with Crippen molar-refractivity contribution in [1.82, 2.24) is 0 Å². The Morgan fingerprint density at radius 3 is 2.40 bits per heavy atom. The van der Waals surface area contributed by atoms with E-state index in [1.807, 2.05) is 48.2 Å². The van der Waals surface area contributed by atoms with Gasteiger partial charge in [-0.1, -0.05) is 24.3 Å². The van der Waals surface area contributed by atoms with Crippen molar-refractivity contribution < 1.29 is 4.92 Å². The molecule has 0 saturated heterocycles. The van der Waals surface area contributed by atoms with Gasteiger partial charge < -0.3 is 10.2 Å². The first kappa shape index (κ1) is 13.9. The first-order chi connectivity index (χ1) is 9.69. The van der Waals surface area contributed by atoms with E-state index in [9.17, 15) is 10.1 Å². The summed E-state index contributed by atoms with van der Waals surface area (Å²) >= 11 is 0. The fourth-order valence-electron chi connectivity index (χ4n) is 2.24. The zero-order valence-electron chi connectivity index (χ0n) is 11.5. The second-order valence-corrected chi connectivity index (χ2v) is 4.26. The molecular weight excluding hydrogens is 254 g/mol. The van der Waals surface area contributed by atoms with E-state index in [0.717, 1.165) is 5.69 Å². The zero-order valence-corrected chi connectivity index (χ0v) is 11.5. The smallest absolute Gasteiger partial charge is 0.315 e. The first-order valence-electron chi connectivity index (χ1n) is 6.46. The molecule has 0 atom stereocenters. The molecule has 0 aliphatic heterocycles. The number of para-hydroxylation sites is 2. The van der Waals surface area contributed by atoms with Crippen molar-refractivity contribution in [2.75, 3.05) is 23.8 Å². The van der Waals surface area contributed by atoms with Crippen LogP contribution >= 0.6 is 0 Å². The summed E-state index contributed by atoms with van der Waals surface area (Å²) < 4.78 is 0. The van der Waals surface area contributed by atoms with Crippen molar-refractivity contribution in [3.05, 3.63) is 58.6 Å². The number of nitro benzene ring substituents is 1. The summed E-state index contributed by atoms with van der Waals surface area (Å²) in [7, 11) is 1.69. The van der Waals surface area contributed by atoms with Crippen LogP contribution in [0, 0.1) is 10.1 Å². The van der Waals surface area contributed by atoms with Crippen LogP contribution in [0.3, 0.4) is 0 Å². The quantitative estimate of drug-likeness (QED) is 0.664. The van der Waals surface area contributed by atoms with Crippen LogP contribution in [0.2, 0.25) is 0 Å². The largest absolute Gasteiger partial charge is 0.382 e. The summed E-state index contributed by atoms with van der Waals surface area (Å²) in [5, 5.41) is 14.3. The van der Waals surface area contributed by atoms with E-state index in [-0.39, 0.29) is 10.6 Å². The summed E-state index contributed by atoms with van der Waals surface area (Å²) in [5.74, 6) is 0. The molecular formula is C15H17N3O2. The number of rotatable bonds is 5.